The van der Waals surface area contributed by atoms with Gasteiger partial charge in [-0.15, -0.1) is 5.10 Å². The Morgan fingerprint density at radius 2 is 2.04 bits per heavy atom. The van der Waals surface area contributed by atoms with E-state index in [0.717, 1.165) is 41.0 Å². The Morgan fingerprint density at radius 1 is 1.08 bits per heavy atom. The van der Waals surface area contributed by atoms with Crippen molar-refractivity contribution < 1.29 is 0 Å². The zero-order valence-corrected chi connectivity index (χ0v) is 13.0. The van der Waals surface area contributed by atoms with Crippen LogP contribution in [-0.2, 0) is 6.54 Å². The zero-order valence-electron chi connectivity index (χ0n) is 13.0. The van der Waals surface area contributed by atoms with E-state index in [0.29, 0.717) is 12.2 Å². The van der Waals surface area contributed by atoms with Gasteiger partial charge in [0.2, 0.25) is 5.65 Å². The molecular weight excluding hydrogens is 302 g/mol. The lowest BCUT2D eigenvalue weighted by Gasteiger charge is -2.31. The van der Waals surface area contributed by atoms with Crippen LogP contribution in [0.15, 0.2) is 42.7 Å². The van der Waals surface area contributed by atoms with Crippen LogP contribution >= 0.6 is 0 Å². The molecule has 24 heavy (non-hydrogen) atoms. The highest BCUT2D eigenvalue weighted by Crippen LogP contribution is 2.20. The van der Waals surface area contributed by atoms with Gasteiger partial charge in [-0.05, 0) is 30.2 Å². The van der Waals surface area contributed by atoms with Crippen LogP contribution in [0.5, 0.6) is 0 Å². The van der Waals surface area contributed by atoms with E-state index in [4.69, 9.17) is 4.98 Å². The second kappa shape index (κ2) is 5.23. The van der Waals surface area contributed by atoms with Gasteiger partial charge in [-0.3, -0.25) is 4.98 Å². The number of aromatic nitrogens is 6. The molecule has 5 rings (SSSR count). The quantitative estimate of drug-likeness (QED) is 0.576. The maximum Gasteiger partial charge on any atom is 0.221 e. The minimum atomic E-state index is 0.585. The topological polar surface area (TPSA) is 72.6 Å². The van der Waals surface area contributed by atoms with Crippen LogP contribution < -0.4 is 4.90 Å². The lowest BCUT2D eigenvalue weighted by atomic mass is 10.1. The Hall–Kier alpha value is -3.09. The van der Waals surface area contributed by atoms with E-state index in [2.05, 4.69) is 43.4 Å². The molecule has 1 aliphatic rings. The highest BCUT2D eigenvalue weighted by atomic mass is 15.5. The molecule has 1 aromatic carbocycles. The monoisotopic (exact) mass is 317 g/mol. The van der Waals surface area contributed by atoms with E-state index in [1.165, 1.54) is 6.42 Å². The van der Waals surface area contributed by atoms with Gasteiger partial charge in [0.1, 0.15) is 5.82 Å². The highest BCUT2D eigenvalue weighted by molar-refractivity contribution is 5.79. The van der Waals surface area contributed by atoms with E-state index >= 15 is 0 Å². The maximum absolute atomic E-state index is 4.70. The summed E-state index contributed by atoms with van der Waals surface area (Å²) < 4.78 is 1.81. The van der Waals surface area contributed by atoms with Crippen LogP contribution in [0.2, 0.25) is 0 Å². The van der Waals surface area contributed by atoms with Crippen LogP contribution in [0.25, 0.3) is 22.2 Å². The largest absolute Gasteiger partial charge is 0.355 e. The second-order valence-electron chi connectivity index (χ2n) is 5.99. The molecule has 0 aliphatic carbocycles. The third-order valence-corrected chi connectivity index (χ3v) is 4.39. The smallest absolute Gasteiger partial charge is 0.221 e. The summed E-state index contributed by atoms with van der Waals surface area (Å²) in [6, 6.07) is 10.2. The normalized spacial score (nSPS) is 14.2. The average molecular weight is 317 g/mol. The third kappa shape index (κ3) is 2.17. The Kier molecular flexibility index (Phi) is 2.91. The molecule has 7 nitrogen and oxygen atoms in total. The van der Waals surface area contributed by atoms with E-state index in [9.17, 15) is 0 Å². The van der Waals surface area contributed by atoms with Crippen molar-refractivity contribution in [3.63, 3.8) is 0 Å². The summed E-state index contributed by atoms with van der Waals surface area (Å²) in [7, 11) is 0. The summed E-state index contributed by atoms with van der Waals surface area (Å²) in [6.45, 7) is 2.69. The van der Waals surface area contributed by atoms with E-state index in [1.807, 2.05) is 16.8 Å². The van der Waals surface area contributed by atoms with Gasteiger partial charge in [-0.25, -0.2) is 14.6 Å². The lowest BCUT2D eigenvalue weighted by Crippen LogP contribution is -2.37. The number of hydrogen-bond acceptors (Lipinski definition) is 6. The van der Waals surface area contributed by atoms with Crippen LogP contribution in [0.3, 0.4) is 0 Å². The van der Waals surface area contributed by atoms with Crippen molar-refractivity contribution >= 4 is 28.0 Å². The predicted octanol–water partition coefficient (Wildman–Crippen LogP) is 2.03. The van der Waals surface area contributed by atoms with Crippen LogP contribution in [0, 0.1) is 0 Å². The molecule has 0 saturated carbocycles. The van der Waals surface area contributed by atoms with Gasteiger partial charge in [-0.1, -0.05) is 17.3 Å². The molecule has 1 saturated heterocycles. The summed E-state index contributed by atoms with van der Waals surface area (Å²) >= 11 is 0. The molecule has 4 heterocycles. The van der Waals surface area contributed by atoms with Crippen LogP contribution in [0.1, 0.15) is 12.0 Å². The van der Waals surface area contributed by atoms with Crippen molar-refractivity contribution in [2.75, 3.05) is 18.0 Å². The first-order chi connectivity index (χ1) is 11.9. The number of nitrogens with zero attached hydrogens (tertiary/aromatic N) is 7. The van der Waals surface area contributed by atoms with Crippen LogP contribution in [-0.4, -0.2) is 43.0 Å². The molecule has 1 aliphatic heterocycles. The number of fused-ring (bicyclic) bond motifs is 2. The molecule has 0 bridgehead atoms. The van der Waals surface area contributed by atoms with E-state index in [-0.39, 0.29) is 0 Å². The molecule has 3 aromatic heterocycles. The molecule has 1 fully saturated rings. The van der Waals surface area contributed by atoms with Crippen molar-refractivity contribution in [2.24, 2.45) is 0 Å². The molecule has 0 radical (unpaired) electrons. The Morgan fingerprint density at radius 3 is 2.92 bits per heavy atom. The van der Waals surface area contributed by atoms with Gasteiger partial charge in [0.15, 0.2) is 5.65 Å². The van der Waals surface area contributed by atoms with Gasteiger partial charge in [0.05, 0.1) is 18.3 Å². The molecule has 0 unspecified atom stereocenters. The second-order valence-corrected chi connectivity index (χ2v) is 5.99. The van der Waals surface area contributed by atoms with Crippen molar-refractivity contribution in [1.82, 2.24) is 29.9 Å². The van der Waals surface area contributed by atoms with Crippen molar-refractivity contribution in [3.8, 4) is 0 Å². The minimum absolute atomic E-state index is 0.585. The molecule has 0 atom stereocenters. The third-order valence-electron chi connectivity index (χ3n) is 4.39. The first-order valence-electron chi connectivity index (χ1n) is 8.02. The van der Waals surface area contributed by atoms with Gasteiger partial charge >= 0.3 is 0 Å². The van der Waals surface area contributed by atoms with Crippen molar-refractivity contribution in [2.45, 2.75) is 13.0 Å². The van der Waals surface area contributed by atoms with Crippen molar-refractivity contribution in [1.29, 1.82) is 0 Å². The number of hydrogen-bond donors (Lipinski definition) is 0. The summed E-state index contributed by atoms with van der Waals surface area (Å²) in [4.78, 5) is 15.7. The van der Waals surface area contributed by atoms with E-state index < -0.39 is 0 Å². The summed E-state index contributed by atoms with van der Waals surface area (Å²) in [5, 5.41) is 9.47. The fourth-order valence-corrected chi connectivity index (χ4v) is 2.95. The molecule has 7 heteroatoms. The Labute approximate surface area is 138 Å². The minimum Gasteiger partial charge on any atom is -0.355 e. The molecule has 4 aromatic rings. The number of rotatable bonds is 3. The summed E-state index contributed by atoms with van der Waals surface area (Å²) in [5.41, 5.74) is 3.44. The number of anilines is 1. The van der Waals surface area contributed by atoms with Crippen LogP contribution in [0.4, 0.5) is 5.82 Å². The highest BCUT2D eigenvalue weighted by Gasteiger charge is 2.18. The summed E-state index contributed by atoms with van der Waals surface area (Å²) in [5.74, 6) is 0.903. The van der Waals surface area contributed by atoms with Crippen molar-refractivity contribution in [3.05, 3.63) is 48.3 Å². The fourth-order valence-electron chi connectivity index (χ4n) is 2.95. The van der Waals surface area contributed by atoms with E-state index in [1.54, 1.807) is 12.4 Å². The zero-order chi connectivity index (χ0) is 15.9. The average Bonchev–Trinajstić information content (AvgIpc) is 2.96. The first-order valence-corrected chi connectivity index (χ1v) is 8.02. The number of pyridine rings is 1. The van der Waals surface area contributed by atoms with Gasteiger partial charge in [0, 0.05) is 24.7 Å². The summed E-state index contributed by atoms with van der Waals surface area (Å²) in [6.07, 6.45) is 4.80. The molecule has 0 spiro atoms. The Bertz CT molecular complexity index is 1040. The first kappa shape index (κ1) is 13.4. The maximum atomic E-state index is 4.70. The lowest BCUT2D eigenvalue weighted by molar-refractivity contribution is 0.607. The predicted molar refractivity (Wildman–Crippen MR) is 90.8 cm³/mol. The molecule has 0 N–H and O–H groups in total. The number of benzene rings is 1. The fraction of sp³-hybridized carbons (Fsp3) is 0.235. The molecular formula is C17H15N7. The Balaban J connectivity index is 1.52. The molecule has 118 valence electrons. The SMILES string of the molecule is c1cnc2ccc(Cn3nnc4ncc(N5CCC5)nc43)cc2c1. The standard InChI is InChI=1S/C17H15N7/c1-3-13-9-12(4-5-14(13)18-6-1)11-24-17-16(21-22-24)19-10-15(20-17)23-7-2-8-23/h1,3-6,9-10H,2,7-8,11H2. The van der Waals surface area contributed by atoms with Gasteiger partial charge in [-0.2, -0.15) is 0 Å². The van der Waals surface area contributed by atoms with Gasteiger partial charge in [0.25, 0.3) is 0 Å². The van der Waals surface area contributed by atoms with Gasteiger partial charge < -0.3 is 4.90 Å². The molecule has 0 amide bonds.